The summed E-state index contributed by atoms with van der Waals surface area (Å²) in [5, 5.41) is 0. The van der Waals surface area contributed by atoms with Gasteiger partial charge in [-0.05, 0) is 0 Å². The topological polar surface area (TPSA) is 0 Å². The molecule has 0 unspecified atom stereocenters. The first-order valence-corrected chi connectivity index (χ1v) is 0. The van der Waals surface area contributed by atoms with E-state index in [0.29, 0.717) is 0 Å². The summed E-state index contributed by atoms with van der Waals surface area (Å²) in [6.45, 7) is 0. The van der Waals surface area contributed by atoms with Crippen molar-refractivity contribution < 1.29 is 70.3 Å². The molecular formula is H8Cl3CsGe. The Morgan fingerprint density at radius 1 is 0.800 bits per heavy atom. The summed E-state index contributed by atoms with van der Waals surface area (Å²) in [4.78, 5) is 0. The maximum Gasteiger partial charge on any atom is -1.00 e. The van der Waals surface area contributed by atoms with Gasteiger partial charge in [0.1, 0.15) is 0 Å². The van der Waals surface area contributed by atoms with Gasteiger partial charge in [0.05, 0.1) is 0 Å². The van der Waals surface area contributed by atoms with Gasteiger partial charge in [-0.25, -0.2) is 0 Å². The second-order valence-corrected chi connectivity index (χ2v) is 0. The van der Waals surface area contributed by atoms with Crippen molar-refractivity contribution in [1.82, 2.24) is 0 Å². The maximum absolute atomic E-state index is 0. The Bertz CT molecular complexity index is 10.8. The van der Waals surface area contributed by atoms with Crippen LogP contribution < -0.4 is 68.9 Å². The zero-order valence-electron chi connectivity index (χ0n) is 3.22. The monoisotopic (exact) mass is 320 g/mol. The summed E-state index contributed by atoms with van der Waals surface area (Å²) >= 11 is 0. The normalized spacial score (nSPS) is 0. The van der Waals surface area contributed by atoms with Gasteiger partial charge < -0.3 is 1.43 Å². The third-order valence-electron chi connectivity index (χ3n) is 0. The molecule has 0 nitrogen and oxygen atoms in total. The summed E-state index contributed by atoms with van der Waals surface area (Å²) in [7, 11) is 0. The molecule has 0 saturated carbocycles. The van der Waals surface area contributed by atoms with Crippen molar-refractivity contribution in [1.29, 1.82) is 0 Å². The summed E-state index contributed by atoms with van der Waals surface area (Å²) in [5.41, 5.74) is 0. The van der Waals surface area contributed by atoms with Gasteiger partial charge >= 0.3 is 86.5 Å². The minimum atomic E-state index is 0. The molecule has 0 bridgehead atoms. The average Bonchev–Trinajstić information content (AvgIpc) is 0. The predicted octanol–water partition coefficient (Wildman–Crippen LogP) is -3.07. The molecule has 0 saturated heterocycles. The molecule has 0 amide bonds. The molecule has 0 aromatic heterocycles. The van der Waals surface area contributed by atoms with Gasteiger partial charge in [0.2, 0.25) is 0 Å². The van der Waals surface area contributed by atoms with E-state index in [9.17, 15) is 0 Å². The van der Waals surface area contributed by atoms with E-state index in [4.69, 9.17) is 0 Å². The fourth-order valence-corrected chi connectivity index (χ4v) is 0. The van der Waals surface area contributed by atoms with Crippen LogP contribution in [-0.2, 0) is 0 Å². The molecule has 5 heavy (non-hydrogen) atoms. The Morgan fingerprint density at radius 3 is 0.800 bits per heavy atom. The van der Waals surface area contributed by atoms with E-state index < -0.39 is 0 Å². The second-order valence-electron chi connectivity index (χ2n) is 0. The van der Waals surface area contributed by atoms with Crippen molar-refractivity contribution in [2.75, 3.05) is 0 Å². The van der Waals surface area contributed by atoms with Crippen molar-refractivity contribution in [2.45, 2.75) is 0 Å². The summed E-state index contributed by atoms with van der Waals surface area (Å²) in [6, 6.07) is 0. The quantitative estimate of drug-likeness (QED) is 0.416. The van der Waals surface area contributed by atoms with Crippen molar-refractivity contribution >= 4 is 54.8 Å². The predicted molar refractivity (Wildman–Crippen MR) is 34.2 cm³/mol. The second kappa shape index (κ2) is 26.0. The van der Waals surface area contributed by atoms with E-state index in [1.54, 1.807) is 0 Å². The first-order chi connectivity index (χ1) is 0. The van der Waals surface area contributed by atoms with Crippen LogP contribution >= 0.6 is 37.2 Å². The van der Waals surface area contributed by atoms with Gasteiger partial charge in [0.15, 0.2) is 0 Å². The van der Waals surface area contributed by atoms with Gasteiger partial charge in [0, 0.05) is 0 Å². The maximum atomic E-state index is 0. The SMILES string of the molecule is Cl.Cl.Cl.[Cs+].[GeH4].[H-]. The van der Waals surface area contributed by atoms with E-state index in [1.165, 1.54) is 0 Å². The number of hydrogen-bond donors (Lipinski definition) is 0. The summed E-state index contributed by atoms with van der Waals surface area (Å²) in [6.07, 6.45) is 0. The Kier molecular flexibility index (Phi) is 204. The molecule has 0 atom stereocenters. The van der Waals surface area contributed by atoms with E-state index in [-0.39, 0.29) is 125 Å². The smallest absolute Gasteiger partial charge is 1.00 e. The van der Waals surface area contributed by atoms with E-state index >= 15 is 0 Å². The number of hydrogen-bond acceptors (Lipinski definition) is 0. The number of halogens is 3. The minimum absolute atomic E-state index is 0. The Morgan fingerprint density at radius 2 is 0.800 bits per heavy atom. The van der Waals surface area contributed by atoms with Crippen LogP contribution in [0, 0.1) is 0 Å². The zero-order chi connectivity index (χ0) is 0. The minimum Gasteiger partial charge on any atom is -1.00 e. The zero-order valence-corrected chi connectivity index (χ0v) is 11.0. The molecule has 0 radical (unpaired) electrons. The van der Waals surface area contributed by atoms with Gasteiger partial charge in [-0.3, -0.25) is 0 Å². The van der Waals surface area contributed by atoms with Crippen LogP contribution in [0.25, 0.3) is 0 Å². The molecule has 0 aliphatic heterocycles. The van der Waals surface area contributed by atoms with Crippen LogP contribution in [0.3, 0.4) is 0 Å². The standard InChI is InChI=1S/3ClH.Cs.GeH4.H/h3*1H;;1H4;/q;;;+1;;-1. The van der Waals surface area contributed by atoms with Crippen molar-refractivity contribution in [3.63, 3.8) is 0 Å². The molecule has 0 spiro atoms. The molecule has 5 heteroatoms. The molecule has 0 aliphatic rings. The molecule has 0 aromatic rings. The van der Waals surface area contributed by atoms with E-state index in [1.807, 2.05) is 0 Å². The first-order valence-electron chi connectivity index (χ1n) is 0. The largest absolute Gasteiger partial charge is 1.00 e. The molecule has 0 aromatic carbocycles. The third-order valence-corrected chi connectivity index (χ3v) is 0. The van der Waals surface area contributed by atoms with Crippen LogP contribution in [0.5, 0.6) is 0 Å². The van der Waals surface area contributed by atoms with Crippen LogP contribution in [0.15, 0.2) is 0 Å². The molecule has 34 valence electrons. The average molecular weight is 320 g/mol. The Hall–Kier alpha value is 3.46. The third kappa shape index (κ3) is 18.6. The number of rotatable bonds is 0. The molecule has 0 fully saturated rings. The van der Waals surface area contributed by atoms with Gasteiger partial charge in [-0.2, -0.15) is 0 Å². The fraction of sp³-hybridized carbons (Fsp3) is 0. The molecule has 0 aliphatic carbocycles. The van der Waals surface area contributed by atoms with Gasteiger partial charge in [-0.15, -0.1) is 37.2 Å². The van der Waals surface area contributed by atoms with Crippen molar-refractivity contribution in [3.8, 4) is 0 Å². The molecular weight excluding hydrogens is 312 g/mol. The van der Waals surface area contributed by atoms with Crippen LogP contribution in [0.4, 0.5) is 0 Å². The van der Waals surface area contributed by atoms with Crippen LogP contribution in [0.1, 0.15) is 1.43 Å². The van der Waals surface area contributed by atoms with E-state index in [0.717, 1.165) is 0 Å². The summed E-state index contributed by atoms with van der Waals surface area (Å²) in [5.74, 6) is 0. The molecule has 0 rings (SSSR count). The first kappa shape index (κ1) is 39.3. The Balaban J connectivity index is 0. The van der Waals surface area contributed by atoms with Crippen LogP contribution in [0.2, 0.25) is 0 Å². The van der Waals surface area contributed by atoms with Crippen LogP contribution in [-0.4, -0.2) is 17.6 Å². The van der Waals surface area contributed by atoms with Gasteiger partial charge in [0.25, 0.3) is 0 Å². The molecule has 0 N–H and O–H groups in total. The van der Waals surface area contributed by atoms with Crippen molar-refractivity contribution in [2.24, 2.45) is 0 Å². The fourth-order valence-electron chi connectivity index (χ4n) is 0. The summed E-state index contributed by atoms with van der Waals surface area (Å²) < 4.78 is 0. The van der Waals surface area contributed by atoms with E-state index in [2.05, 4.69) is 0 Å². The Labute approximate surface area is 122 Å². The van der Waals surface area contributed by atoms with Crippen molar-refractivity contribution in [3.05, 3.63) is 0 Å². The van der Waals surface area contributed by atoms with Gasteiger partial charge in [-0.1, -0.05) is 0 Å². The molecule has 0 heterocycles.